The highest BCUT2D eigenvalue weighted by Crippen LogP contribution is 2.12. The summed E-state index contributed by atoms with van der Waals surface area (Å²) in [5, 5.41) is 8.70. The lowest BCUT2D eigenvalue weighted by Gasteiger charge is -2.30. The van der Waals surface area contributed by atoms with E-state index in [1.165, 1.54) is 19.3 Å². The van der Waals surface area contributed by atoms with Crippen LogP contribution in [0.5, 0.6) is 0 Å². The van der Waals surface area contributed by atoms with E-state index in [4.69, 9.17) is 5.11 Å². The molecule has 0 radical (unpaired) electrons. The Kier molecular flexibility index (Phi) is 7.39. The summed E-state index contributed by atoms with van der Waals surface area (Å²) in [6.07, 6.45) is 5.14. The van der Waals surface area contributed by atoms with E-state index in [9.17, 15) is 4.79 Å². The van der Waals surface area contributed by atoms with Gasteiger partial charge in [-0.05, 0) is 27.3 Å². The Morgan fingerprint density at radius 2 is 1.87 bits per heavy atom. The third kappa shape index (κ3) is 6.50. The molecule has 0 heterocycles. The van der Waals surface area contributed by atoms with Crippen LogP contribution in [0.3, 0.4) is 0 Å². The highest BCUT2D eigenvalue weighted by atomic mass is 16.4. The summed E-state index contributed by atoms with van der Waals surface area (Å²) in [5.41, 5.74) is 0. The molecular formula is C12H25NO2. The molecule has 0 amide bonds. The number of nitrogens with zero attached hydrogens (tertiary/aromatic N) is 1. The quantitative estimate of drug-likeness (QED) is 0.633. The van der Waals surface area contributed by atoms with Gasteiger partial charge in [0.1, 0.15) is 0 Å². The normalized spacial score (nSPS) is 15.3. The third-order valence-corrected chi connectivity index (χ3v) is 3.09. The molecule has 3 nitrogen and oxygen atoms in total. The highest BCUT2D eigenvalue weighted by molar-refractivity contribution is 5.67. The maximum Gasteiger partial charge on any atom is 0.304 e. The van der Waals surface area contributed by atoms with Crippen molar-refractivity contribution in [1.29, 1.82) is 0 Å². The predicted molar refractivity (Wildman–Crippen MR) is 63.1 cm³/mol. The van der Waals surface area contributed by atoms with Gasteiger partial charge in [0.15, 0.2) is 0 Å². The number of unbranched alkanes of at least 4 members (excludes halogenated alkanes) is 2. The van der Waals surface area contributed by atoms with Crippen LogP contribution in [-0.4, -0.2) is 35.1 Å². The van der Waals surface area contributed by atoms with E-state index >= 15 is 0 Å². The number of hydrogen-bond acceptors (Lipinski definition) is 2. The lowest BCUT2D eigenvalue weighted by molar-refractivity contribution is -0.138. The molecule has 15 heavy (non-hydrogen) atoms. The van der Waals surface area contributed by atoms with E-state index in [0.29, 0.717) is 6.04 Å². The van der Waals surface area contributed by atoms with Gasteiger partial charge in [-0.3, -0.25) is 4.79 Å². The number of aliphatic carboxylic acids is 1. The van der Waals surface area contributed by atoms with E-state index < -0.39 is 5.97 Å². The Labute approximate surface area is 93.5 Å². The smallest absolute Gasteiger partial charge is 0.304 e. The zero-order valence-corrected chi connectivity index (χ0v) is 10.5. The van der Waals surface area contributed by atoms with Gasteiger partial charge in [-0.1, -0.05) is 26.2 Å². The van der Waals surface area contributed by atoms with Gasteiger partial charge < -0.3 is 10.0 Å². The molecule has 0 aliphatic carbocycles. The standard InChI is InChI=1S/C12H25NO2/c1-5-6-7-8-10(2)13(4)11(3)9-12(14)15/h10-11H,5-9H2,1-4H3,(H,14,15)/t10?,11-/m1/s1. The van der Waals surface area contributed by atoms with E-state index in [1.807, 2.05) is 14.0 Å². The Morgan fingerprint density at radius 1 is 1.27 bits per heavy atom. The van der Waals surface area contributed by atoms with Crippen LogP contribution in [0.1, 0.15) is 52.9 Å². The molecular weight excluding hydrogens is 190 g/mol. The Hall–Kier alpha value is -0.570. The van der Waals surface area contributed by atoms with Crippen LogP contribution in [0.15, 0.2) is 0 Å². The summed E-state index contributed by atoms with van der Waals surface area (Å²) in [6, 6.07) is 0.602. The zero-order chi connectivity index (χ0) is 11.8. The largest absolute Gasteiger partial charge is 0.481 e. The van der Waals surface area contributed by atoms with E-state index in [1.54, 1.807) is 0 Å². The van der Waals surface area contributed by atoms with Crippen LogP contribution in [0, 0.1) is 0 Å². The molecule has 2 atom stereocenters. The van der Waals surface area contributed by atoms with Gasteiger partial charge in [0, 0.05) is 12.1 Å². The first kappa shape index (κ1) is 14.4. The minimum Gasteiger partial charge on any atom is -0.481 e. The van der Waals surface area contributed by atoms with Crippen LogP contribution in [0.25, 0.3) is 0 Å². The SMILES string of the molecule is CCCCCC(C)N(C)[C@H](C)CC(=O)O. The number of carboxylic acid groups (broad SMARTS) is 1. The van der Waals surface area contributed by atoms with Gasteiger partial charge in [-0.2, -0.15) is 0 Å². The Bertz CT molecular complexity index is 182. The monoisotopic (exact) mass is 215 g/mol. The van der Waals surface area contributed by atoms with E-state index in [0.717, 1.165) is 6.42 Å². The summed E-state index contributed by atoms with van der Waals surface area (Å²) in [5.74, 6) is -0.713. The van der Waals surface area contributed by atoms with Crippen LogP contribution >= 0.6 is 0 Å². The van der Waals surface area contributed by atoms with Crippen molar-refractivity contribution in [1.82, 2.24) is 4.90 Å². The first-order valence-corrected chi connectivity index (χ1v) is 5.92. The first-order valence-electron chi connectivity index (χ1n) is 5.92. The van der Waals surface area contributed by atoms with Crippen LogP contribution in [0.2, 0.25) is 0 Å². The Balaban J connectivity index is 3.84. The molecule has 3 heteroatoms. The van der Waals surface area contributed by atoms with Crippen molar-refractivity contribution >= 4 is 5.97 Å². The number of carbonyl (C=O) groups is 1. The maximum atomic E-state index is 10.6. The summed E-state index contributed by atoms with van der Waals surface area (Å²) in [4.78, 5) is 12.7. The van der Waals surface area contributed by atoms with E-state index in [-0.39, 0.29) is 12.5 Å². The molecule has 0 spiro atoms. The maximum absolute atomic E-state index is 10.6. The third-order valence-electron chi connectivity index (χ3n) is 3.09. The van der Waals surface area contributed by atoms with Crippen LogP contribution in [0.4, 0.5) is 0 Å². The second-order valence-electron chi connectivity index (χ2n) is 4.46. The van der Waals surface area contributed by atoms with Crippen molar-refractivity contribution in [2.75, 3.05) is 7.05 Å². The molecule has 1 N–H and O–H groups in total. The van der Waals surface area contributed by atoms with E-state index in [2.05, 4.69) is 18.7 Å². The molecule has 0 aliphatic rings. The topological polar surface area (TPSA) is 40.5 Å². The van der Waals surface area contributed by atoms with Gasteiger partial charge in [0.05, 0.1) is 6.42 Å². The molecule has 0 saturated heterocycles. The number of rotatable bonds is 8. The molecule has 90 valence electrons. The van der Waals surface area contributed by atoms with Gasteiger partial charge >= 0.3 is 5.97 Å². The first-order chi connectivity index (χ1) is 6.99. The lowest BCUT2D eigenvalue weighted by Crippen LogP contribution is -2.38. The molecule has 0 bridgehead atoms. The van der Waals surface area contributed by atoms with Crippen LogP contribution < -0.4 is 0 Å². The molecule has 0 rings (SSSR count). The second-order valence-corrected chi connectivity index (χ2v) is 4.46. The van der Waals surface area contributed by atoms with Gasteiger partial charge in [0.25, 0.3) is 0 Å². The fourth-order valence-electron chi connectivity index (χ4n) is 1.72. The number of carboxylic acids is 1. The molecule has 0 aromatic rings. The highest BCUT2D eigenvalue weighted by Gasteiger charge is 2.17. The predicted octanol–water partition coefficient (Wildman–Crippen LogP) is 2.75. The summed E-state index contributed by atoms with van der Waals surface area (Å²) in [7, 11) is 2.02. The van der Waals surface area contributed by atoms with Crippen LogP contribution in [-0.2, 0) is 4.79 Å². The number of hydrogen-bond donors (Lipinski definition) is 1. The van der Waals surface area contributed by atoms with Gasteiger partial charge in [0.2, 0.25) is 0 Å². The van der Waals surface area contributed by atoms with Crippen molar-refractivity contribution in [3.8, 4) is 0 Å². The Morgan fingerprint density at radius 3 is 2.33 bits per heavy atom. The van der Waals surface area contributed by atoms with Crippen molar-refractivity contribution in [2.45, 2.75) is 65.0 Å². The van der Waals surface area contributed by atoms with Crippen molar-refractivity contribution < 1.29 is 9.90 Å². The minimum absolute atomic E-state index is 0.124. The lowest BCUT2D eigenvalue weighted by atomic mass is 10.1. The fraction of sp³-hybridized carbons (Fsp3) is 0.917. The average Bonchev–Trinajstić information content (AvgIpc) is 2.15. The average molecular weight is 215 g/mol. The van der Waals surface area contributed by atoms with Crippen molar-refractivity contribution in [2.24, 2.45) is 0 Å². The molecule has 0 aromatic carbocycles. The van der Waals surface area contributed by atoms with Crippen molar-refractivity contribution in [3.05, 3.63) is 0 Å². The second kappa shape index (κ2) is 7.69. The molecule has 0 fully saturated rings. The molecule has 0 aromatic heterocycles. The van der Waals surface area contributed by atoms with Crippen molar-refractivity contribution in [3.63, 3.8) is 0 Å². The van der Waals surface area contributed by atoms with Gasteiger partial charge in [-0.25, -0.2) is 0 Å². The molecule has 0 aliphatic heterocycles. The summed E-state index contributed by atoms with van der Waals surface area (Å²) >= 11 is 0. The molecule has 0 saturated carbocycles. The molecule has 1 unspecified atom stereocenters. The summed E-state index contributed by atoms with van der Waals surface area (Å²) < 4.78 is 0. The zero-order valence-electron chi connectivity index (χ0n) is 10.5. The minimum atomic E-state index is -0.713. The fourth-order valence-corrected chi connectivity index (χ4v) is 1.72. The summed E-state index contributed by atoms with van der Waals surface area (Å²) in [6.45, 7) is 6.35. The van der Waals surface area contributed by atoms with Gasteiger partial charge in [-0.15, -0.1) is 0 Å².